The largest absolute Gasteiger partial charge is 0.459 e. The molecule has 0 bridgehead atoms. The summed E-state index contributed by atoms with van der Waals surface area (Å²) in [5.74, 6) is -0.520. The van der Waals surface area contributed by atoms with Crippen LogP contribution in [0.4, 0.5) is 11.4 Å². The van der Waals surface area contributed by atoms with Gasteiger partial charge in [0.2, 0.25) is 0 Å². The molecule has 8 nitrogen and oxygen atoms in total. The number of aromatic nitrogens is 2. The van der Waals surface area contributed by atoms with Crippen LogP contribution in [-0.4, -0.2) is 25.7 Å². The van der Waals surface area contributed by atoms with E-state index >= 15 is 0 Å². The van der Waals surface area contributed by atoms with Gasteiger partial charge in [-0.25, -0.2) is 0 Å². The molecule has 0 atom stereocenters. The van der Waals surface area contributed by atoms with Crippen molar-refractivity contribution in [2.24, 2.45) is 0 Å². The smallest absolute Gasteiger partial charge is 0.291 e. The minimum absolute atomic E-state index is 0.126. The molecular weight excluding hydrogens is 410 g/mol. The number of nitrogens with zero attached hydrogens (tertiary/aromatic N) is 2. The predicted molar refractivity (Wildman–Crippen MR) is 114 cm³/mol. The maximum Gasteiger partial charge on any atom is 0.291 e. The van der Waals surface area contributed by atoms with Gasteiger partial charge in [-0.05, 0) is 60.7 Å². The predicted octanol–water partition coefficient (Wildman–Crippen LogP) is 3.66. The normalized spacial score (nSPS) is 10.5. The second-order valence-electron chi connectivity index (χ2n) is 5.89. The zero-order chi connectivity index (χ0) is 20.2. The van der Waals surface area contributed by atoms with E-state index in [0.29, 0.717) is 22.5 Å². The van der Waals surface area contributed by atoms with E-state index in [1.54, 1.807) is 54.6 Å². The van der Waals surface area contributed by atoms with Crippen LogP contribution in [0.25, 0.3) is 11.0 Å². The topological polar surface area (TPSA) is 109 Å². The van der Waals surface area contributed by atoms with E-state index < -0.39 is 0 Å². The van der Waals surface area contributed by atoms with Crippen LogP contribution in [-0.2, 0) is 0 Å². The lowest BCUT2D eigenvalue weighted by Gasteiger charge is -2.11. The molecule has 0 saturated carbocycles. The van der Waals surface area contributed by atoms with Crippen molar-refractivity contribution in [2.75, 3.05) is 10.6 Å². The molecule has 4 rings (SSSR count). The maximum absolute atomic E-state index is 12.4. The van der Waals surface area contributed by atoms with E-state index in [-0.39, 0.29) is 22.7 Å². The summed E-state index contributed by atoms with van der Waals surface area (Å²) in [6, 6.07) is 15.2. The summed E-state index contributed by atoms with van der Waals surface area (Å²) in [4.78, 5) is 24.5. The third kappa shape index (κ3) is 4.45. The van der Waals surface area contributed by atoms with Crippen molar-refractivity contribution in [1.29, 1.82) is 0 Å². The Hall–Kier alpha value is -3.63. The highest BCUT2D eigenvalue weighted by atomic mass is 32.1. The Morgan fingerprint density at radius 3 is 2.48 bits per heavy atom. The molecule has 2 aromatic carbocycles. The second-order valence-corrected chi connectivity index (χ2v) is 6.82. The molecule has 0 aliphatic heterocycles. The standard InChI is InChI=1S/C19H13N5O3S2/c25-17(11-6-7-14-15(9-11)24-29-23-14)22-19(28)21-13-4-1-3-12(10-13)20-18(26)16-5-2-8-27-16/h1-10H,(H,20,26)(H2,21,22,25,28). The van der Waals surface area contributed by atoms with Crippen LogP contribution < -0.4 is 16.0 Å². The fourth-order valence-corrected chi connectivity index (χ4v) is 3.26. The van der Waals surface area contributed by atoms with Crippen LogP contribution in [0.15, 0.2) is 65.3 Å². The first-order valence-electron chi connectivity index (χ1n) is 8.38. The lowest BCUT2D eigenvalue weighted by Crippen LogP contribution is -2.34. The van der Waals surface area contributed by atoms with Gasteiger partial charge in [-0.1, -0.05) is 6.07 Å². The Morgan fingerprint density at radius 1 is 0.897 bits per heavy atom. The first-order valence-corrected chi connectivity index (χ1v) is 9.52. The maximum atomic E-state index is 12.4. The van der Waals surface area contributed by atoms with Gasteiger partial charge in [-0.3, -0.25) is 14.9 Å². The molecule has 29 heavy (non-hydrogen) atoms. The Bertz CT molecular complexity index is 1200. The third-order valence-electron chi connectivity index (χ3n) is 3.87. The Morgan fingerprint density at radius 2 is 1.69 bits per heavy atom. The molecule has 0 spiro atoms. The van der Waals surface area contributed by atoms with Crippen molar-refractivity contribution in [2.45, 2.75) is 0 Å². The van der Waals surface area contributed by atoms with Crippen molar-refractivity contribution >= 4 is 63.3 Å². The average Bonchev–Trinajstić information content (AvgIpc) is 3.39. The van der Waals surface area contributed by atoms with Crippen molar-refractivity contribution in [3.63, 3.8) is 0 Å². The molecule has 2 amide bonds. The molecule has 0 unspecified atom stereocenters. The molecule has 2 heterocycles. The minimum Gasteiger partial charge on any atom is -0.459 e. The Balaban J connectivity index is 1.39. The van der Waals surface area contributed by atoms with Gasteiger partial charge in [0.25, 0.3) is 11.8 Å². The zero-order valence-corrected chi connectivity index (χ0v) is 16.3. The van der Waals surface area contributed by atoms with Gasteiger partial charge in [0.15, 0.2) is 10.9 Å². The first-order chi connectivity index (χ1) is 14.1. The van der Waals surface area contributed by atoms with Gasteiger partial charge in [0.1, 0.15) is 11.0 Å². The van der Waals surface area contributed by atoms with E-state index in [1.165, 1.54) is 6.26 Å². The number of furan rings is 1. The number of carbonyl (C=O) groups excluding carboxylic acids is 2. The monoisotopic (exact) mass is 423 g/mol. The highest BCUT2D eigenvalue weighted by molar-refractivity contribution is 7.80. The van der Waals surface area contributed by atoms with Crippen LogP contribution >= 0.6 is 23.9 Å². The zero-order valence-electron chi connectivity index (χ0n) is 14.7. The molecule has 4 aromatic rings. The molecule has 144 valence electrons. The number of anilines is 2. The van der Waals surface area contributed by atoms with Gasteiger partial charge in [-0.15, -0.1) is 0 Å². The molecule has 2 aromatic heterocycles. The summed E-state index contributed by atoms with van der Waals surface area (Å²) in [5, 5.41) is 8.39. The number of amides is 2. The highest BCUT2D eigenvalue weighted by Crippen LogP contribution is 2.17. The van der Waals surface area contributed by atoms with Gasteiger partial charge in [-0.2, -0.15) is 8.75 Å². The van der Waals surface area contributed by atoms with Gasteiger partial charge >= 0.3 is 0 Å². The fourth-order valence-electron chi connectivity index (χ4n) is 2.54. The highest BCUT2D eigenvalue weighted by Gasteiger charge is 2.11. The van der Waals surface area contributed by atoms with Gasteiger partial charge < -0.3 is 15.1 Å². The number of benzene rings is 2. The number of carbonyl (C=O) groups is 2. The quantitative estimate of drug-likeness (QED) is 0.430. The van der Waals surface area contributed by atoms with Gasteiger partial charge in [0.05, 0.1) is 18.0 Å². The lowest BCUT2D eigenvalue weighted by atomic mass is 10.2. The van der Waals surface area contributed by atoms with E-state index in [4.69, 9.17) is 16.6 Å². The molecule has 0 radical (unpaired) electrons. The molecule has 0 fully saturated rings. The van der Waals surface area contributed by atoms with Crippen LogP contribution in [0.3, 0.4) is 0 Å². The Kier molecular flexibility index (Phi) is 5.27. The average molecular weight is 423 g/mol. The van der Waals surface area contributed by atoms with Crippen molar-refractivity contribution < 1.29 is 14.0 Å². The summed E-state index contributed by atoms with van der Waals surface area (Å²) in [7, 11) is 0. The molecule has 0 saturated heterocycles. The molecule has 0 aliphatic rings. The van der Waals surface area contributed by atoms with Crippen molar-refractivity contribution in [1.82, 2.24) is 14.1 Å². The molecule has 0 aliphatic carbocycles. The van der Waals surface area contributed by atoms with E-state index in [0.717, 1.165) is 17.2 Å². The molecular formula is C19H13N5O3S2. The summed E-state index contributed by atoms with van der Waals surface area (Å²) in [6.07, 6.45) is 1.43. The number of rotatable bonds is 4. The van der Waals surface area contributed by atoms with E-state index in [1.807, 2.05) is 0 Å². The number of fused-ring (bicyclic) bond motifs is 1. The van der Waals surface area contributed by atoms with Crippen molar-refractivity contribution in [3.05, 3.63) is 72.2 Å². The number of hydrogen-bond donors (Lipinski definition) is 3. The third-order valence-corrected chi connectivity index (χ3v) is 4.63. The van der Waals surface area contributed by atoms with Gasteiger partial charge in [0, 0.05) is 16.9 Å². The summed E-state index contributed by atoms with van der Waals surface area (Å²) in [6.45, 7) is 0. The summed E-state index contributed by atoms with van der Waals surface area (Å²) in [5.41, 5.74) is 2.97. The fraction of sp³-hybridized carbons (Fsp3) is 0. The van der Waals surface area contributed by atoms with Crippen LogP contribution in [0.5, 0.6) is 0 Å². The number of nitrogens with one attached hydrogen (secondary N) is 3. The van der Waals surface area contributed by atoms with E-state index in [2.05, 4.69) is 24.7 Å². The lowest BCUT2D eigenvalue weighted by molar-refractivity contribution is 0.0975. The summed E-state index contributed by atoms with van der Waals surface area (Å²) < 4.78 is 13.3. The first kappa shape index (κ1) is 18.7. The second kappa shape index (κ2) is 8.17. The molecule has 3 N–H and O–H groups in total. The Labute approximate surface area is 174 Å². The SMILES string of the molecule is O=C(NC(=S)Nc1cccc(NC(=O)c2ccco2)c1)c1ccc2nsnc2c1. The van der Waals surface area contributed by atoms with Crippen LogP contribution in [0.1, 0.15) is 20.9 Å². The molecule has 10 heteroatoms. The minimum atomic E-state index is -0.366. The summed E-state index contributed by atoms with van der Waals surface area (Å²) >= 11 is 6.30. The van der Waals surface area contributed by atoms with E-state index in [9.17, 15) is 9.59 Å². The van der Waals surface area contributed by atoms with Crippen LogP contribution in [0, 0.1) is 0 Å². The number of hydrogen-bond acceptors (Lipinski definition) is 7. The number of thiocarbonyl (C=S) groups is 1. The van der Waals surface area contributed by atoms with Crippen molar-refractivity contribution in [3.8, 4) is 0 Å². The van der Waals surface area contributed by atoms with Crippen LogP contribution in [0.2, 0.25) is 0 Å².